The molecular weight excluding hydrogens is 427 g/mol. The van der Waals surface area contributed by atoms with Crippen molar-refractivity contribution in [2.75, 3.05) is 10.0 Å². The molecule has 0 atom stereocenters. The summed E-state index contributed by atoms with van der Waals surface area (Å²) in [6, 6.07) is 19.8. The lowest BCUT2D eigenvalue weighted by atomic mass is 9.74. The van der Waals surface area contributed by atoms with Gasteiger partial charge in [0.1, 0.15) is 0 Å². The van der Waals surface area contributed by atoms with Crippen LogP contribution in [0.2, 0.25) is 6.82 Å². The number of hydrogen-bond acceptors (Lipinski definition) is 6. The fraction of sp³-hybridized carbons (Fsp3) is 0.0455. The number of aromatic carboxylic acids is 1. The van der Waals surface area contributed by atoms with Crippen molar-refractivity contribution in [1.29, 1.82) is 0 Å². The van der Waals surface area contributed by atoms with Gasteiger partial charge < -0.3 is 10.4 Å². The first kappa shape index (κ1) is 21.3. The van der Waals surface area contributed by atoms with Crippen molar-refractivity contribution in [3.05, 3.63) is 78.4 Å². The second-order valence-corrected chi connectivity index (χ2v) is 8.70. The number of nitrogens with one attached hydrogen (secondary N) is 2. The van der Waals surface area contributed by atoms with Crippen LogP contribution in [0.1, 0.15) is 10.4 Å². The molecule has 160 valence electrons. The van der Waals surface area contributed by atoms with Crippen LogP contribution < -0.4 is 15.5 Å². The number of carbonyl (C=O) groups is 1. The summed E-state index contributed by atoms with van der Waals surface area (Å²) in [4.78, 5) is 20.2. The zero-order valence-electron chi connectivity index (χ0n) is 17.1. The van der Waals surface area contributed by atoms with Gasteiger partial charge in [-0.1, -0.05) is 36.6 Å². The van der Waals surface area contributed by atoms with Crippen LogP contribution >= 0.6 is 0 Å². The number of carboxylic acid groups (broad SMARTS) is 1. The summed E-state index contributed by atoms with van der Waals surface area (Å²) >= 11 is 0. The highest BCUT2D eigenvalue weighted by molar-refractivity contribution is 7.92. The maximum Gasteiger partial charge on any atom is 0.335 e. The Morgan fingerprint density at radius 2 is 1.47 bits per heavy atom. The van der Waals surface area contributed by atoms with Crippen LogP contribution in [-0.2, 0) is 10.0 Å². The maximum atomic E-state index is 13.0. The number of aromatic nitrogens is 2. The molecule has 1 aromatic heterocycles. The van der Waals surface area contributed by atoms with Crippen molar-refractivity contribution in [2.24, 2.45) is 0 Å². The predicted molar refractivity (Wildman–Crippen MR) is 126 cm³/mol. The Hall–Kier alpha value is -3.92. The van der Waals surface area contributed by atoms with Crippen LogP contribution in [-0.4, -0.2) is 36.7 Å². The molecule has 0 aliphatic heterocycles. The quantitative estimate of drug-likeness (QED) is 0.373. The molecule has 0 amide bonds. The molecule has 0 spiro atoms. The average molecular weight is 446 g/mol. The van der Waals surface area contributed by atoms with E-state index in [-0.39, 0.29) is 22.1 Å². The zero-order valence-corrected chi connectivity index (χ0v) is 17.9. The number of carboxylic acids is 1. The molecule has 0 fully saturated rings. The van der Waals surface area contributed by atoms with Gasteiger partial charge in [-0.05, 0) is 48.5 Å². The molecule has 8 nitrogen and oxygen atoms in total. The number of rotatable bonds is 7. The topological polar surface area (TPSA) is 121 Å². The molecule has 3 aromatic carbocycles. The Labute approximate surface area is 185 Å². The van der Waals surface area contributed by atoms with Crippen LogP contribution in [0.3, 0.4) is 0 Å². The molecule has 0 bridgehead atoms. The van der Waals surface area contributed by atoms with Gasteiger partial charge in [0.05, 0.1) is 21.5 Å². The average Bonchev–Trinajstić information content (AvgIpc) is 2.79. The summed E-state index contributed by atoms with van der Waals surface area (Å²) in [6.45, 7) is 1.99. The molecule has 1 heterocycles. The lowest BCUT2D eigenvalue weighted by Crippen LogP contribution is -2.17. The van der Waals surface area contributed by atoms with Crippen molar-refractivity contribution < 1.29 is 18.3 Å². The van der Waals surface area contributed by atoms with E-state index in [2.05, 4.69) is 20.0 Å². The van der Waals surface area contributed by atoms with Crippen LogP contribution in [0.5, 0.6) is 0 Å². The van der Waals surface area contributed by atoms with E-state index >= 15 is 0 Å². The van der Waals surface area contributed by atoms with Gasteiger partial charge in [-0.3, -0.25) is 4.72 Å². The van der Waals surface area contributed by atoms with Crippen molar-refractivity contribution in [3.63, 3.8) is 0 Å². The normalized spacial score (nSPS) is 11.2. The second-order valence-electron chi connectivity index (χ2n) is 7.02. The van der Waals surface area contributed by atoms with E-state index in [1.807, 2.05) is 12.9 Å². The molecule has 0 saturated carbocycles. The first-order valence-corrected chi connectivity index (χ1v) is 11.3. The van der Waals surface area contributed by atoms with E-state index in [1.54, 1.807) is 54.6 Å². The van der Waals surface area contributed by atoms with Gasteiger partial charge in [-0.15, -0.1) is 0 Å². The van der Waals surface area contributed by atoms with E-state index < -0.39 is 16.0 Å². The summed E-state index contributed by atoms with van der Waals surface area (Å²) < 4.78 is 28.5. The molecule has 0 saturated heterocycles. The van der Waals surface area contributed by atoms with Crippen molar-refractivity contribution in [3.8, 4) is 0 Å². The molecular formula is C22H19BN4O4S. The van der Waals surface area contributed by atoms with Gasteiger partial charge in [0.25, 0.3) is 10.0 Å². The molecule has 3 N–H and O–H groups in total. The van der Waals surface area contributed by atoms with Crippen LogP contribution in [0.25, 0.3) is 11.0 Å². The minimum atomic E-state index is -3.91. The summed E-state index contributed by atoms with van der Waals surface area (Å²) in [5, 5.41) is 12.1. The van der Waals surface area contributed by atoms with Gasteiger partial charge in [0.2, 0.25) is 0 Å². The Morgan fingerprint density at radius 3 is 2.03 bits per heavy atom. The Morgan fingerprint density at radius 1 is 0.875 bits per heavy atom. The summed E-state index contributed by atoms with van der Waals surface area (Å²) in [5.41, 5.74) is 2.80. The highest BCUT2D eigenvalue weighted by Crippen LogP contribution is 2.27. The van der Waals surface area contributed by atoms with Crippen LogP contribution in [0, 0.1) is 0 Å². The van der Waals surface area contributed by atoms with E-state index in [9.17, 15) is 13.2 Å². The third-order valence-electron chi connectivity index (χ3n) is 4.84. The fourth-order valence-corrected chi connectivity index (χ4v) is 4.09. The summed E-state index contributed by atoms with van der Waals surface area (Å²) in [7, 11) is -3.11. The number of hydrogen-bond donors (Lipinski definition) is 3. The first-order chi connectivity index (χ1) is 15.4. The fourth-order valence-electron chi connectivity index (χ4n) is 3.08. The van der Waals surface area contributed by atoms with Crippen molar-refractivity contribution in [2.45, 2.75) is 11.7 Å². The predicted octanol–water partition coefficient (Wildman–Crippen LogP) is 2.98. The molecule has 0 radical (unpaired) electrons. The van der Waals surface area contributed by atoms with Crippen molar-refractivity contribution >= 4 is 57.1 Å². The van der Waals surface area contributed by atoms with E-state index in [1.165, 1.54) is 12.1 Å². The number of benzene rings is 3. The molecule has 0 aliphatic carbocycles. The summed E-state index contributed by atoms with van der Waals surface area (Å²) in [6.07, 6.45) is 0. The summed E-state index contributed by atoms with van der Waals surface area (Å²) in [5.74, 6) is -0.810. The highest BCUT2D eigenvalue weighted by Gasteiger charge is 2.19. The van der Waals surface area contributed by atoms with Gasteiger partial charge in [-0.2, -0.15) is 0 Å². The van der Waals surface area contributed by atoms with Gasteiger partial charge >= 0.3 is 5.97 Å². The standard InChI is InChI=1S/C22H19BN4O4S/c1-23-15-8-12-17(13-9-15)32(30,31)27-21-20(25-18-4-2-3-5-19(18)26-21)24-16-10-6-14(7-11-16)22(28)29/h2-13,23H,1H3,(H,24,25)(H,26,27)(H,28,29). The number of nitrogens with zero attached hydrogens (tertiary/aromatic N) is 2. The largest absolute Gasteiger partial charge is 0.478 e. The molecule has 32 heavy (non-hydrogen) atoms. The third kappa shape index (κ3) is 4.55. The molecule has 4 aromatic rings. The minimum absolute atomic E-state index is 0.0329. The SMILES string of the molecule is CBc1ccc(S(=O)(=O)Nc2nc3ccccc3nc2Nc2ccc(C(=O)O)cc2)cc1. The van der Waals surface area contributed by atoms with Crippen molar-refractivity contribution in [1.82, 2.24) is 9.97 Å². The van der Waals surface area contributed by atoms with Gasteiger partial charge in [0.15, 0.2) is 18.9 Å². The molecule has 4 rings (SSSR count). The Kier molecular flexibility index (Phi) is 5.78. The van der Waals surface area contributed by atoms with E-state index in [0.29, 0.717) is 16.7 Å². The first-order valence-electron chi connectivity index (χ1n) is 9.84. The number of sulfonamides is 1. The lowest BCUT2D eigenvalue weighted by Gasteiger charge is -2.14. The van der Waals surface area contributed by atoms with Gasteiger partial charge in [-0.25, -0.2) is 23.2 Å². The third-order valence-corrected chi connectivity index (χ3v) is 6.19. The second kappa shape index (κ2) is 8.68. The Bertz CT molecular complexity index is 1390. The number of fused-ring (bicyclic) bond motifs is 1. The monoisotopic (exact) mass is 446 g/mol. The smallest absolute Gasteiger partial charge is 0.335 e. The molecule has 0 aliphatic rings. The molecule has 10 heteroatoms. The zero-order chi connectivity index (χ0) is 22.7. The van der Waals surface area contributed by atoms with Crippen LogP contribution in [0.15, 0.2) is 77.7 Å². The lowest BCUT2D eigenvalue weighted by molar-refractivity contribution is 0.0697. The van der Waals surface area contributed by atoms with E-state index in [0.717, 1.165) is 12.7 Å². The van der Waals surface area contributed by atoms with E-state index in [4.69, 9.17) is 5.11 Å². The molecule has 0 unspecified atom stereocenters. The number of para-hydroxylation sites is 2. The number of anilines is 3. The minimum Gasteiger partial charge on any atom is -0.478 e. The highest BCUT2D eigenvalue weighted by atomic mass is 32.2. The maximum absolute atomic E-state index is 13.0. The Balaban J connectivity index is 1.72. The van der Waals surface area contributed by atoms with Gasteiger partial charge in [0, 0.05) is 5.69 Å². The van der Waals surface area contributed by atoms with Crippen LogP contribution in [0.4, 0.5) is 17.3 Å².